The predicted molar refractivity (Wildman–Crippen MR) is 77.2 cm³/mol. The van der Waals surface area contributed by atoms with Gasteiger partial charge in [0, 0.05) is 26.2 Å². The normalized spacial score (nSPS) is 18.8. The van der Waals surface area contributed by atoms with E-state index in [1.807, 2.05) is 0 Å². The molecule has 0 aromatic carbocycles. The van der Waals surface area contributed by atoms with Crippen molar-refractivity contribution >= 4 is 20.0 Å². The lowest BCUT2D eigenvalue weighted by molar-refractivity contribution is 0.401. The van der Waals surface area contributed by atoms with Crippen molar-refractivity contribution in [3.05, 3.63) is 25.0 Å². The first-order valence-corrected chi connectivity index (χ1v) is 9.68. The van der Waals surface area contributed by atoms with Crippen LogP contribution in [0, 0.1) is 0 Å². The summed E-state index contributed by atoms with van der Waals surface area (Å²) in [6, 6.07) is 0. The van der Waals surface area contributed by atoms with Gasteiger partial charge in [-0.25, -0.2) is 21.8 Å². The van der Waals surface area contributed by atoms with Gasteiger partial charge in [0.25, 0.3) is 10.0 Å². The van der Waals surface area contributed by atoms with Crippen molar-refractivity contribution in [1.29, 1.82) is 0 Å². The van der Waals surface area contributed by atoms with Gasteiger partial charge in [0.1, 0.15) is 11.2 Å². The molecule has 1 N–H and O–H groups in total. The molecule has 1 aliphatic heterocycles. The molecule has 0 amide bonds. The number of nitrogens with one attached hydrogen (secondary N) is 1. The first-order valence-electron chi connectivity index (χ1n) is 6.80. The smallest absolute Gasteiger partial charge is 0.260 e. The quantitative estimate of drug-likeness (QED) is 0.776. The molecule has 12 heteroatoms. The van der Waals surface area contributed by atoms with Crippen molar-refractivity contribution in [1.82, 2.24) is 23.7 Å². The molecule has 0 saturated carbocycles. The van der Waals surface area contributed by atoms with E-state index in [0.717, 1.165) is 12.5 Å². The van der Waals surface area contributed by atoms with Crippen LogP contribution < -0.4 is 0 Å². The summed E-state index contributed by atoms with van der Waals surface area (Å²) in [5.74, 6) is 0. The molecule has 23 heavy (non-hydrogen) atoms. The lowest BCUT2D eigenvalue weighted by Crippen LogP contribution is -2.37. The highest BCUT2D eigenvalue weighted by atomic mass is 32.2. The minimum atomic E-state index is -3.73. The van der Waals surface area contributed by atoms with Gasteiger partial charge in [0.15, 0.2) is 5.03 Å². The fourth-order valence-corrected chi connectivity index (χ4v) is 5.04. The summed E-state index contributed by atoms with van der Waals surface area (Å²) in [7, 11) is -7.43. The largest absolute Gasteiger partial charge is 0.363 e. The van der Waals surface area contributed by atoms with Crippen molar-refractivity contribution in [3.8, 4) is 0 Å². The number of aromatic nitrogens is 3. The highest BCUT2D eigenvalue weighted by molar-refractivity contribution is 7.89. The lowest BCUT2D eigenvalue weighted by atomic mass is 10.4. The summed E-state index contributed by atoms with van der Waals surface area (Å²) in [6.45, 7) is 0.576. The Hall–Kier alpha value is -1.76. The topological polar surface area (TPSA) is 129 Å². The Morgan fingerprint density at radius 2 is 1.70 bits per heavy atom. The number of sulfonamides is 2. The highest BCUT2D eigenvalue weighted by Gasteiger charge is 2.32. The van der Waals surface area contributed by atoms with E-state index in [2.05, 4.69) is 19.6 Å². The second-order valence-corrected chi connectivity index (χ2v) is 8.78. The maximum atomic E-state index is 12.4. The molecule has 1 saturated heterocycles. The fourth-order valence-electron chi connectivity index (χ4n) is 2.35. The van der Waals surface area contributed by atoms with E-state index in [9.17, 15) is 16.8 Å². The van der Waals surface area contributed by atoms with Gasteiger partial charge in [-0.2, -0.15) is 8.61 Å². The number of imidazole rings is 1. The van der Waals surface area contributed by atoms with E-state index in [0.29, 0.717) is 6.42 Å². The molecule has 10 nitrogen and oxygen atoms in total. The summed E-state index contributed by atoms with van der Waals surface area (Å²) in [5.41, 5.74) is 0. The summed E-state index contributed by atoms with van der Waals surface area (Å²) >= 11 is 0. The molecule has 3 heterocycles. The van der Waals surface area contributed by atoms with Gasteiger partial charge in [-0.1, -0.05) is 5.16 Å². The van der Waals surface area contributed by atoms with Crippen LogP contribution >= 0.6 is 0 Å². The summed E-state index contributed by atoms with van der Waals surface area (Å²) in [4.78, 5) is 6.24. The molecule has 0 aliphatic carbocycles. The number of H-pyrrole nitrogens is 1. The zero-order valence-electron chi connectivity index (χ0n) is 12.0. The number of hydrogen-bond donors (Lipinski definition) is 1. The standard InChI is InChI=1S/C11H15N5O5S2/c17-22(18,10-6-14-21-8-10)15-2-1-3-16(5-4-15)23(19,20)11-7-12-9-13-11/h6-9H,1-5H2,(H,12,13). The molecule has 2 aromatic heterocycles. The highest BCUT2D eigenvalue weighted by Crippen LogP contribution is 2.20. The van der Waals surface area contributed by atoms with E-state index in [1.54, 1.807) is 0 Å². The minimum absolute atomic E-state index is 0.00663. The SMILES string of the molecule is O=S(=O)(c1cnoc1)N1CCCN(S(=O)(=O)c2cnc[nH]2)CC1. The maximum absolute atomic E-state index is 12.4. The van der Waals surface area contributed by atoms with Crippen molar-refractivity contribution in [2.24, 2.45) is 0 Å². The molecule has 1 aliphatic rings. The van der Waals surface area contributed by atoms with E-state index >= 15 is 0 Å². The molecule has 0 unspecified atom stereocenters. The third-order valence-corrected chi connectivity index (χ3v) is 7.22. The molecule has 0 bridgehead atoms. The first kappa shape index (κ1) is 16.1. The maximum Gasteiger partial charge on any atom is 0.260 e. The molecule has 0 atom stereocenters. The monoisotopic (exact) mass is 361 g/mol. The van der Waals surface area contributed by atoms with E-state index in [4.69, 9.17) is 0 Å². The predicted octanol–water partition coefficient (Wildman–Crippen LogP) is -0.517. The van der Waals surface area contributed by atoms with Gasteiger partial charge in [0.2, 0.25) is 10.0 Å². The second kappa shape index (κ2) is 6.03. The fraction of sp³-hybridized carbons (Fsp3) is 0.455. The van der Waals surface area contributed by atoms with Crippen LogP contribution in [-0.2, 0) is 20.0 Å². The Balaban J connectivity index is 1.78. The summed E-state index contributed by atoms with van der Waals surface area (Å²) in [6.07, 6.45) is 5.08. The van der Waals surface area contributed by atoms with Gasteiger partial charge in [0.05, 0.1) is 18.7 Å². The molecule has 1 fully saturated rings. The Morgan fingerprint density at radius 1 is 1.00 bits per heavy atom. The molecule has 0 spiro atoms. The second-order valence-electron chi connectivity index (χ2n) is 4.94. The lowest BCUT2D eigenvalue weighted by Gasteiger charge is -2.20. The van der Waals surface area contributed by atoms with Gasteiger partial charge < -0.3 is 9.51 Å². The van der Waals surface area contributed by atoms with Crippen LogP contribution in [0.15, 0.2) is 39.4 Å². The van der Waals surface area contributed by atoms with E-state index in [1.165, 1.54) is 21.1 Å². The third-order valence-electron chi connectivity index (χ3n) is 3.55. The van der Waals surface area contributed by atoms with Gasteiger partial charge in [-0.05, 0) is 6.42 Å². The number of rotatable bonds is 4. The Bertz CT molecular complexity index is 773. The van der Waals surface area contributed by atoms with Crippen LogP contribution in [0.2, 0.25) is 0 Å². The summed E-state index contributed by atoms with van der Waals surface area (Å²) in [5, 5.41) is 3.39. The number of hydrogen-bond acceptors (Lipinski definition) is 7. The van der Waals surface area contributed by atoms with E-state index < -0.39 is 20.0 Å². The minimum Gasteiger partial charge on any atom is -0.363 e. The molecule has 2 aromatic rings. The van der Waals surface area contributed by atoms with Crippen LogP contribution in [0.1, 0.15) is 6.42 Å². The Labute approximate surface area is 133 Å². The van der Waals surface area contributed by atoms with Crippen molar-refractivity contribution < 1.29 is 21.4 Å². The van der Waals surface area contributed by atoms with Crippen LogP contribution in [0.5, 0.6) is 0 Å². The Morgan fingerprint density at radius 3 is 2.26 bits per heavy atom. The van der Waals surface area contributed by atoms with Crippen LogP contribution in [0.3, 0.4) is 0 Å². The first-order chi connectivity index (χ1) is 10.9. The van der Waals surface area contributed by atoms with Crippen molar-refractivity contribution in [3.63, 3.8) is 0 Å². The zero-order chi connectivity index (χ0) is 16.5. The van der Waals surface area contributed by atoms with E-state index in [-0.39, 0.29) is 36.1 Å². The molecule has 0 radical (unpaired) electrons. The molecular weight excluding hydrogens is 346 g/mol. The average molecular weight is 361 g/mol. The molecule has 3 rings (SSSR count). The summed E-state index contributed by atoms with van der Waals surface area (Å²) < 4.78 is 56.8. The van der Waals surface area contributed by atoms with Crippen LogP contribution in [0.4, 0.5) is 0 Å². The molecule has 126 valence electrons. The van der Waals surface area contributed by atoms with Crippen molar-refractivity contribution in [2.45, 2.75) is 16.3 Å². The van der Waals surface area contributed by atoms with Gasteiger partial charge in [-0.15, -0.1) is 0 Å². The van der Waals surface area contributed by atoms with Crippen LogP contribution in [0.25, 0.3) is 0 Å². The van der Waals surface area contributed by atoms with Gasteiger partial charge >= 0.3 is 0 Å². The molecular formula is C11H15N5O5S2. The number of aromatic amines is 1. The van der Waals surface area contributed by atoms with Gasteiger partial charge in [-0.3, -0.25) is 0 Å². The average Bonchev–Trinajstić information content (AvgIpc) is 3.16. The van der Waals surface area contributed by atoms with Crippen LogP contribution in [-0.4, -0.2) is 66.7 Å². The Kier molecular flexibility index (Phi) is 4.23. The van der Waals surface area contributed by atoms with Crippen molar-refractivity contribution in [2.75, 3.05) is 26.2 Å². The number of nitrogens with zero attached hydrogens (tertiary/aromatic N) is 4. The zero-order valence-corrected chi connectivity index (χ0v) is 13.6. The third kappa shape index (κ3) is 3.02.